The first-order valence-electron chi connectivity index (χ1n) is 8.35. The van der Waals surface area contributed by atoms with Crippen molar-refractivity contribution in [2.24, 2.45) is 0 Å². The molecule has 4 rings (SSSR count). The van der Waals surface area contributed by atoms with Gasteiger partial charge in [-0.3, -0.25) is 4.79 Å². The second-order valence-corrected chi connectivity index (χ2v) is 6.35. The van der Waals surface area contributed by atoms with E-state index in [4.69, 9.17) is 14.0 Å². The molecule has 130 valence electrons. The van der Waals surface area contributed by atoms with Crippen LogP contribution in [0.15, 0.2) is 34.0 Å². The molecule has 2 aromatic rings. The summed E-state index contributed by atoms with van der Waals surface area (Å²) in [6.45, 7) is 1.89. The van der Waals surface area contributed by atoms with E-state index in [9.17, 15) is 4.79 Å². The number of methoxy groups -OCH3 is 2. The smallest absolute Gasteiger partial charge is 0.233 e. The maximum absolute atomic E-state index is 12.8. The summed E-state index contributed by atoms with van der Waals surface area (Å²) in [6, 6.07) is 5.68. The molecule has 2 aliphatic rings. The van der Waals surface area contributed by atoms with E-state index in [1.807, 2.05) is 25.1 Å². The van der Waals surface area contributed by atoms with Gasteiger partial charge in [-0.05, 0) is 25.8 Å². The maximum Gasteiger partial charge on any atom is 0.233 e. The number of anilines is 1. The van der Waals surface area contributed by atoms with Gasteiger partial charge in [-0.15, -0.1) is 0 Å². The first-order valence-corrected chi connectivity index (χ1v) is 8.35. The summed E-state index contributed by atoms with van der Waals surface area (Å²) in [7, 11) is 3.24. The standard InChI is InChI=1S/C19H20N2O4/c1-10-16-17(12-8-7-11(23-2)9-15(12)24-3)18-13(5-4-6-14(18)22)20-19(16)25-21-10/h7-9,17,20H,4-6H2,1-3H3/t17-/m0/s1. The summed E-state index contributed by atoms with van der Waals surface area (Å²) >= 11 is 0. The number of rotatable bonds is 3. The number of ketones is 1. The number of Topliss-reactive ketones (excluding diaryl/α,β-unsaturated/α-hetero) is 1. The molecule has 2 heterocycles. The molecule has 0 fully saturated rings. The van der Waals surface area contributed by atoms with Crippen molar-refractivity contribution in [1.29, 1.82) is 0 Å². The van der Waals surface area contributed by atoms with Crippen LogP contribution in [-0.2, 0) is 4.79 Å². The molecule has 0 spiro atoms. The van der Waals surface area contributed by atoms with Crippen molar-refractivity contribution in [1.82, 2.24) is 5.16 Å². The van der Waals surface area contributed by atoms with E-state index < -0.39 is 0 Å². The highest BCUT2D eigenvalue weighted by Crippen LogP contribution is 2.49. The van der Waals surface area contributed by atoms with Gasteiger partial charge in [0.1, 0.15) is 11.5 Å². The van der Waals surface area contributed by atoms with Crippen molar-refractivity contribution >= 4 is 11.7 Å². The monoisotopic (exact) mass is 340 g/mol. The van der Waals surface area contributed by atoms with Gasteiger partial charge < -0.3 is 19.3 Å². The molecule has 1 atom stereocenters. The van der Waals surface area contributed by atoms with Gasteiger partial charge in [-0.25, -0.2) is 0 Å². The third-order valence-corrected chi connectivity index (χ3v) is 4.96. The Morgan fingerprint density at radius 2 is 2.08 bits per heavy atom. The molecule has 0 saturated heterocycles. The summed E-state index contributed by atoms with van der Waals surface area (Å²) in [5, 5.41) is 7.38. The number of hydrogen-bond donors (Lipinski definition) is 1. The lowest BCUT2D eigenvalue weighted by molar-refractivity contribution is -0.116. The lowest BCUT2D eigenvalue weighted by Crippen LogP contribution is -2.26. The highest BCUT2D eigenvalue weighted by atomic mass is 16.5. The van der Waals surface area contributed by atoms with Crippen LogP contribution in [0.3, 0.4) is 0 Å². The molecule has 0 unspecified atom stereocenters. The molecule has 6 heteroatoms. The molecule has 1 aromatic carbocycles. The van der Waals surface area contributed by atoms with Crippen LogP contribution < -0.4 is 14.8 Å². The first-order chi connectivity index (χ1) is 12.1. The number of carbonyl (C=O) groups excluding carboxylic acids is 1. The normalized spacial score (nSPS) is 19.2. The second kappa shape index (κ2) is 5.95. The van der Waals surface area contributed by atoms with Gasteiger partial charge >= 0.3 is 0 Å². The molecule has 25 heavy (non-hydrogen) atoms. The fourth-order valence-corrected chi connectivity index (χ4v) is 3.78. The molecule has 1 N–H and O–H groups in total. The molecule has 0 radical (unpaired) electrons. The number of allylic oxidation sites excluding steroid dienone is 2. The van der Waals surface area contributed by atoms with Crippen LogP contribution in [0.25, 0.3) is 0 Å². The third kappa shape index (κ3) is 2.40. The maximum atomic E-state index is 12.8. The molecule has 1 aliphatic heterocycles. The van der Waals surface area contributed by atoms with Crippen LogP contribution in [-0.4, -0.2) is 25.2 Å². The Labute approximate surface area is 145 Å². The minimum absolute atomic E-state index is 0.169. The number of nitrogens with zero attached hydrogens (tertiary/aromatic N) is 1. The fourth-order valence-electron chi connectivity index (χ4n) is 3.78. The molecule has 6 nitrogen and oxygen atoms in total. The number of carbonyl (C=O) groups is 1. The van der Waals surface area contributed by atoms with Crippen LogP contribution in [0.1, 0.15) is 42.0 Å². The van der Waals surface area contributed by atoms with Crippen molar-refractivity contribution in [2.75, 3.05) is 19.5 Å². The number of aryl methyl sites for hydroxylation is 1. The Balaban J connectivity index is 1.95. The number of aromatic nitrogens is 1. The van der Waals surface area contributed by atoms with E-state index in [1.54, 1.807) is 14.2 Å². The topological polar surface area (TPSA) is 73.6 Å². The zero-order valence-corrected chi connectivity index (χ0v) is 14.5. The highest BCUT2D eigenvalue weighted by Gasteiger charge is 2.39. The summed E-state index contributed by atoms with van der Waals surface area (Å²) in [5.41, 5.74) is 4.32. The summed E-state index contributed by atoms with van der Waals surface area (Å²) in [5.74, 6) is 1.94. The van der Waals surface area contributed by atoms with E-state index in [0.717, 1.165) is 40.9 Å². The van der Waals surface area contributed by atoms with E-state index in [2.05, 4.69) is 10.5 Å². The lowest BCUT2D eigenvalue weighted by Gasteiger charge is -2.31. The average Bonchev–Trinajstić information content (AvgIpc) is 3.00. The largest absolute Gasteiger partial charge is 0.497 e. The number of ether oxygens (including phenoxy) is 2. The Kier molecular flexibility index (Phi) is 3.75. The van der Waals surface area contributed by atoms with E-state index in [-0.39, 0.29) is 11.7 Å². The Morgan fingerprint density at radius 3 is 2.84 bits per heavy atom. The minimum Gasteiger partial charge on any atom is -0.497 e. The van der Waals surface area contributed by atoms with Gasteiger partial charge in [0.15, 0.2) is 5.78 Å². The number of benzene rings is 1. The Bertz CT molecular complexity index is 882. The van der Waals surface area contributed by atoms with Crippen LogP contribution in [0.2, 0.25) is 0 Å². The Morgan fingerprint density at radius 1 is 1.24 bits per heavy atom. The van der Waals surface area contributed by atoms with Crippen molar-refractivity contribution in [2.45, 2.75) is 32.1 Å². The lowest BCUT2D eigenvalue weighted by atomic mass is 9.76. The zero-order valence-electron chi connectivity index (χ0n) is 14.5. The van der Waals surface area contributed by atoms with Crippen molar-refractivity contribution < 1.29 is 18.8 Å². The molecular formula is C19H20N2O4. The first kappa shape index (κ1) is 15.7. The zero-order chi connectivity index (χ0) is 17.6. The van der Waals surface area contributed by atoms with E-state index in [0.29, 0.717) is 23.8 Å². The highest BCUT2D eigenvalue weighted by molar-refractivity contribution is 6.01. The van der Waals surface area contributed by atoms with Crippen LogP contribution >= 0.6 is 0 Å². The Hall–Kier alpha value is -2.76. The predicted molar refractivity (Wildman–Crippen MR) is 92.1 cm³/mol. The van der Waals surface area contributed by atoms with Crippen molar-refractivity contribution in [3.05, 3.63) is 46.3 Å². The molecular weight excluding hydrogens is 320 g/mol. The van der Waals surface area contributed by atoms with Crippen LogP contribution in [0.4, 0.5) is 5.88 Å². The quantitative estimate of drug-likeness (QED) is 0.921. The van der Waals surface area contributed by atoms with Gasteiger partial charge in [-0.1, -0.05) is 11.2 Å². The minimum atomic E-state index is -0.244. The summed E-state index contributed by atoms with van der Waals surface area (Å²) in [6.07, 6.45) is 2.24. The van der Waals surface area contributed by atoms with Gasteiger partial charge in [0.05, 0.1) is 31.4 Å². The summed E-state index contributed by atoms with van der Waals surface area (Å²) < 4.78 is 16.4. The predicted octanol–water partition coefficient (Wildman–Crippen LogP) is 3.56. The molecule has 1 aliphatic carbocycles. The van der Waals surface area contributed by atoms with Crippen LogP contribution in [0.5, 0.6) is 11.5 Å². The van der Waals surface area contributed by atoms with E-state index in [1.165, 1.54) is 0 Å². The number of fused-ring (bicyclic) bond motifs is 1. The van der Waals surface area contributed by atoms with Gasteiger partial charge in [0.25, 0.3) is 0 Å². The molecule has 0 amide bonds. The molecule has 0 saturated carbocycles. The van der Waals surface area contributed by atoms with Gasteiger partial charge in [0, 0.05) is 29.3 Å². The summed E-state index contributed by atoms with van der Waals surface area (Å²) in [4.78, 5) is 12.8. The molecule has 0 bridgehead atoms. The number of nitrogens with one attached hydrogen (secondary N) is 1. The molecule has 1 aromatic heterocycles. The van der Waals surface area contributed by atoms with Crippen molar-refractivity contribution in [3.63, 3.8) is 0 Å². The van der Waals surface area contributed by atoms with Gasteiger partial charge in [-0.2, -0.15) is 0 Å². The third-order valence-electron chi connectivity index (χ3n) is 4.96. The van der Waals surface area contributed by atoms with Crippen molar-refractivity contribution in [3.8, 4) is 11.5 Å². The van der Waals surface area contributed by atoms with E-state index >= 15 is 0 Å². The van der Waals surface area contributed by atoms with Gasteiger partial charge in [0.2, 0.25) is 5.88 Å². The second-order valence-electron chi connectivity index (χ2n) is 6.35. The van der Waals surface area contributed by atoms with Crippen LogP contribution in [0, 0.1) is 6.92 Å². The number of hydrogen-bond acceptors (Lipinski definition) is 6. The fraction of sp³-hybridized carbons (Fsp3) is 0.368. The average molecular weight is 340 g/mol. The SMILES string of the molecule is COc1ccc([C@@H]2C3=C(CCCC3=O)Nc3onc(C)c32)c(OC)c1.